The highest BCUT2D eigenvalue weighted by molar-refractivity contribution is 9.10. The van der Waals surface area contributed by atoms with Crippen molar-refractivity contribution < 1.29 is 0 Å². The van der Waals surface area contributed by atoms with E-state index < -0.39 is 0 Å². The molecule has 4 aromatic heterocycles. The van der Waals surface area contributed by atoms with E-state index in [0.717, 1.165) is 87.4 Å². The fraction of sp³-hybridized carbons (Fsp3) is 0. The van der Waals surface area contributed by atoms with Crippen LogP contribution in [0, 0.1) is 0 Å². The number of rotatable bonds is 10. The quantitative estimate of drug-likeness (QED) is 0.122. The fourth-order valence-electron chi connectivity index (χ4n) is 8.94. The zero-order chi connectivity index (χ0) is 60.3. The third-order valence-corrected chi connectivity index (χ3v) is 14.7. The molecule has 88 heavy (non-hydrogen) atoms. The number of aromatic nitrogens is 10. The van der Waals surface area contributed by atoms with Crippen molar-refractivity contribution in [3.05, 3.63) is 323 Å². The molecule has 0 N–H and O–H groups in total. The van der Waals surface area contributed by atoms with Crippen LogP contribution in [-0.2, 0) is 0 Å². The Bertz CT molecular complexity index is 3970. The molecule has 0 saturated carbocycles. The molecule has 10 aromatic carbocycles. The monoisotopic (exact) mass is 1310 g/mol. The summed E-state index contributed by atoms with van der Waals surface area (Å²) in [7, 11) is 0. The number of hydrogen-bond acceptors (Lipinski definition) is 10. The van der Waals surface area contributed by atoms with Gasteiger partial charge in [-0.3, -0.25) is 0 Å². The molecular formula is C74H50Br2Cl2N10. The molecule has 0 aliphatic heterocycles. The Kier molecular flexibility index (Phi) is 20.2. The van der Waals surface area contributed by atoms with Crippen LogP contribution in [0.25, 0.3) is 113 Å². The van der Waals surface area contributed by atoms with Gasteiger partial charge in [0, 0.05) is 64.6 Å². The highest BCUT2D eigenvalue weighted by Crippen LogP contribution is 2.30. The van der Waals surface area contributed by atoms with E-state index in [1.807, 2.05) is 303 Å². The molecule has 0 spiro atoms. The molecule has 0 unspecified atom stereocenters. The number of hydrogen-bond donors (Lipinski definition) is 0. The Morgan fingerprint density at radius 1 is 0.182 bits per heavy atom. The van der Waals surface area contributed by atoms with Crippen LogP contribution in [0.5, 0.6) is 0 Å². The molecule has 14 heteroatoms. The molecule has 10 nitrogen and oxygen atoms in total. The minimum absolute atomic E-state index is 0.264. The molecule has 4 heterocycles. The van der Waals surface area contributed by atoms with Gasteiger partial charge in [-0.25, -0.2) is 49.8 Å². The van der Waals surface area contributed by atoms with E-state index in [9.17, 15) is 0 Å². The third kappa shape index (κ3) is 16.3. The molecule has 0 aliphatic rings. The van der Waals surface area contributed by atoms with E-state index in [4.69, 9.17) is 43.1 Å². The minimum Gasteiger partial charge on any atom is -0.218 e. The first-order chi connectivity index (χ1) is 43.2. The van der Waals surface area contributed by atoms with Crippen LogP contribution in [0.15, 0.2) is 312 Å². The Hall–Kier alpha value is -10.1. The van der Waals surface area contributed by atoms with Gasteiger partial charge in [0.1, 0.15) is 0 Å². The molecule has 0 aliphatic carbocycles. The summed E-state index contributed by atoms with van der Waals surface area (Å²) in [5.74, 6) is 4.03. The van der Waals surface area contributed by atoms with Gasteiger partial charge in [0.15, 0.2) is 34.9 Å². The first-order valence-electron chi connectivity index (χ1n) is 27.8. The van der Waals surface area contributed by atoms with Gasteiger partial charge >= 0.3 is 0 Å². The van der Waals surface area contributed by atoms with Crippen molar-refractivity contribution in [2.75, 3.05) is 0 Å². The second-order valence-electron chi connectivity index (χ2n) is 19.4. The summed E-state index contributed by atoms with van der Waals surface area (Å²) in [6.45, 7) is 0. The van der Waals surface area contributed by atoms with Gasteiger partial charge in [-0.05, 0) is 59.6 Å². The zero-order valence-corrected chi connectivity index (χ0v) is 51.5. The van der Waals surface area contributed by atoms with Crippen molar-refractivity contribution in [2.45, 2.75) is 0 Å². The van der Waals surface area contributed by atoms with Crippen LogP contribution < -0.4 is 0 Å². The van der Waals surface area contributed by atoms with Crippen molar-refractivity contribution in [1.82, 2.24) is 49.8 Å². The average Bonchev–Trinajstić information content (AvgIpc) is 3.67. The van der Waals surface area contributed by atoms with E-state index in [1.54, 1.807) is 0 Å². The van der Waals surface area contributed by atoms with E-state index in [-0.39, 0.29) is 10.6 Å². The fourth-order valence-corrected chi connectivity index (χ4v) is 9.83. The van der Waals surface area contributed by atoms with Gasteiger partial charge in [-0.2, -0.15) is 0 Å². The van der Waals surface area contributed by atoms with Gasteiger partial charge in [-0.15, -0.1) is 0 Å². The van der Waals surface area contributed by atoms with Crippen LogP contribution in [0.2, 0.25) is 10.6 Å². The first-order valence-corrected chi connectivity index (χ1v) is 30.2. The van der Waals surface area contributed by atoms with Crippen molar-refractivity contribution in [1.29, 1.82) is 0 Å². The molecule has 0 fully saturated rings. The Balaban J connectivity index is 0.000000122. The maximum Gasteiger partial charge on any atom is 0.223 e. The minimum atomic E-state index is 0.264. The third-order valence-electron chi connectivity index (χ3n) is 13.3. The Morgan fingerprint density at radius 3 is 0.523 bits per heavy atom. The zero-order valence-electron chi connectivity index (χ0n) is 46.9. The van der Waals surface area contributed by atoms with Crippen molar-refractivity contribution in [2.24, 2.45) is 0 Å². The maximum absolute atomic E-state index is 6.03. The smallest absolute Gasteiger partial charge is 0.218 e. The Morgan fingerprint density at radius 2 is 0.341 bits per heavy atom. The predicted molar refractivity (Wildman–Crippen MR) is 363 cm³/mol. The largest absolute Gasteiger partial charge is 0.223 e. The van der Waals surface area contributed by atoms with E-state index >= 15 is 0 Å². The second kappa shape index (κ2) is 29.8. The maximum atomic E-state index is 6.03. The normalized spacial score (nSPS) is 10.5. The van der Waals surface area contributed by atoms with Crippen molar-refractivity contribution in [3.63, 3.8) is 0 Å². The highest BCUT2D eigenvalue weighted by Gasteiger charge is 2.15. The number of benzene rings is 10. The summed E-state index contributed by atoms with van der Waals surface area (Å²) in [5, 5.41) is 0.528. The van der Waals surface area contributed by atoms with E-state index in [2.05, 4.69) is 61.8 Å². The first kappa shape index (κ1) is 59.6. The Labute approximate surface area is 537 Å². The predicted octanol–water partition coefficient (Wildman–Crippen LogP) is 20.2. The van der Waals surface area contributed by atoms with Crippen molar-refractivity contribution >= 4 is 55.1 Å². The summed E-state index contributed by atoms with van der Waals surface area (Å²) in [5.41, 5.74) is 13.3. The van der Waals surface area contributed by atoms with Gasteiger partial charge < -0.3 is 0 Å². The molecule has 0 saturated heterocycles. The van der Waals surface area contributed by atoms with Crippen LogP contribution in [-0.4, -0.2) is 49.8 Å². The van der Waals surface area contributed by atoms with E-state index in [0.29, 0.717) is 34.9 Å². The lowest BCUT2D eigenvalue weighted by Crippen LogP contribution is -1.99. The number of nitrogens with zero attached hydrogens (tertiary/aromatic N) is 10. The van der Waals surface area contributed by atoms with Crippen LogP contribution in [0.3, 0.4) is 0 Å². The van der Waals surface area contributed by atoms with Gasteiger partial charge in [-0.1, -0.05) is 299 Å². The van der Waals surface area contributed by atoms with E-state index in [1.165, 1.54) is 0 Å². The lowest BCUT2D eigenvalue weighted by Gasteiger charge is -2.08. The highest BCUT2D eigenvalue weighted by atomic mass is 79.9. The molecule has 0 bridgehead atoms. The molecule has 14 aromatic rings. The average molecular weight is 1310 g/mol. The summed E-state index contributed by atoms with van der Waals surface area (Å²) in [6, 6.07) is 99.6. The molecule has 0 radical (unpaired) electrons. The summed E-state index contributed by atoms with van der Waals surface area (Å²) >= 11 is 19.0. The summed E-state index contributed by atoms with van der Waals surface area (Å²) in [6.07, 6.45) is 0. The summed E-state index contributed by atoms with van der Waals surface area (Å²) < 4.78 is 2.05. The van der Waals surface area contributed by atoms with Crippen LogP contribution in [0.4, 0.5) is 0 Å². The lowest BCUT2D eigenvalue weighted by atomic mass is 10.1. The van der Waals surface area contributed by atoms with Crippen LogP contribution >= 0.6 is 55.1 Å². The topological polar surface area (TPSA) is 129 Å². The van der Waals surface area contributed by atoms with Gasteiger partial charge in [0.05, 0.1) is 22.8 Å². The van der Waals surface area contributed by atoms with Crippen LogP contribution in [0.1, 0.15) is 0 Å². The second-order valence-corrected chi connectivity index (χ2v) is 21.9. The standard InChI is InChI=1S/2C21H14BrN3.2C16H11ClN2/c2*22-18-13-11-17(12-14-18)21-24-19(15-7-3-1-4-8-15)23-20(25-21)16-9-5-2-6-10-16;2*17-16-18-14(12-7-3-1-4-8-12)11-15(19-16)13-9-5-2-6-10-13/h2*1-14H;2*1-11H. The molecule has 424 valence electrons. The molecule has 0 amide bonds. The SMILES string of the molecule is Brc1ccc(-c2nc(-c3ccccc3)nc(-c3ccccc3)n2)cc1.Brc1ccc(-c2nc(-c3ccccc3)nc(-c3ccccc3)n2)cc1.Clc1nc(-c2ccccc2)cc(-c2ccccc2)n1.Clc1nc(-c2ccccc2)cc(-c2ccccc2)n1. The summed E-state index contributed by atoms with van der Waals surface area (Å²) in [4.78, 5) is 45.3. The van der Waals surface area contributed by atoms with Crippen molar-refractivity contribution in [3.8, 4) is 113 Å². The molecule has 0 atom stereocenters. The number of halogens is 4. The van der Waals surface area contributed by atoms with Gasteiger partial charge in [0.2, 0.25) is 10.6 Å². The molecular weight excluding hydrogens is 1260 g/mol. The van der Waals surface area contributed by atoms with Gasteiger partial charge in [0.25, 0.3) is 0 Å². The molecule has 14 rings (SSSR count). The lowest BCUT2D eigenvalue weighted by molar-refractivity contribution is 1.07.